The van der Waals surface area contributed by atoms with Crippen molar-refractivity contribution in [3.8, 4) is 0 Å². The Hall–Kier alpha value is -0.900. The van der Waals surface area contributed by atoms with Crippen LogP contribution in [0.5, 0.6) is 0 Å². The fraction of sp³-hybridized carbons (Fsp3) is 0.200. The molecule has 1 rings (SSSR count). The van der Waals surface area contributed by atoms with Crippen LogP contribution in [0.1, 0.15) is 5.56 Å². The summed E-state index contributed by atoms with van der Waals surface area (Å²) in [4.78, 5) is 0.618. The van der Waals surface area contributed by atoms with E-state index in [-0.39, 0.29) is 0 Å². The molecule has 14 heavy (non-hydrogen) atoms. The van der Waals surface area contributed by atoms with Gasteiger partial charge in [0, 0.05) is 4.90 Å². The van der Waals surface area contributed by atoms with Crippen LogP contribution < -0.4 is 0 Å². The molecular weight excluding hydrogens is 209 g/mol. The van der Waals surface area contributed by atoms with E-state index < -0.39 is 11.9 Å². The van der Waals surface area contributed by atoms with Gasteiger partial charge in [0.05, 0.1) is 5.75 Å². The predicted molar refractivity (Wildman–Crippen MR) is 53.3 cm³/mol. The molecule has 0 radical (unpaired) electrons. The van der Waals surface area contributed by atoms with Crippen molar-refractivity contribution in [3.63, 3.8) is 0 Å². The third-order valence-corrected chi connectivity index (χ3v) is 2.60. The molecule has 1 aromatic carbocycles. The van der Waals surface area contributed by atoms with Crippen molar-refractivity contribution in [1.82, 2.24) is 0 Å². The van der Waals surface area contributed by atoms with E-state index in [1.807, 2.05) is 0 Å². The van der Waals surface area contributed by atoms with Crippen LogP contribution in [-0.2, 0) is 0 Å². The van der Waals surface area contributed by atoms with Gasteiger partial charge in [0.2, 0.25) is 0 Å². The summed E-state index contributed by atoms with van der Waals surface area (Å²) in [5.41, 5.74) is 0.904. The smallest absolute Gasteiger partial charge is 0.170 e. The normalized spacial score (nSPS) is 11.4. The van der Waals surface area contributed by atoms with Gasteiger partial charge in [-0.15, -0.1) is 11.8 Å². The van der Waals surface area contributed by atoms with Gasteiger partial charge in [-0.25, -0.2) is 0 Å². The summed E-state index contributed by atoms with van der Waals surface area (Å²) in [7, 11) is 0. The molecule has 0 saturated carbocycles. The lowest BCUT2D eigenvalue weighted by Crippen LogP contribution is -2.10. The summed E-state index contributed by atoms with van der Waals surface area (Å²) in [6.07, 6.45) is -2.46. The molecule has 0 aliphatic heterocycles. The first-order chi connectivity index (χ1) is 6.51. The highest BCUT2D eigenvalue weighted by Crippen LogP contribution is 2.27. The molecule has 0 atom stereocenters. The molecule has 0 nitrogen and oxygen atoms in total. The van der Waals surface area contributed by atoms with Crippen molar-refractivity contribution in [2.75, 3.05) is 5.75 Å². The molecule has 0 N–H and O–H groups in total. The first kappa shape index (κ1) is 11.2. The number of halogens is 3. The lowest BCUT2D eigenvalue weighted by atomic mass is 10.2. The molecule has 0 aromatic heterocycles. The average Bonchev–Trinajstić information content (AvgIpc) is 2.14. The van der Waals surface area contributed by atoms with Gasteiger partial charge in [0.15, 0.2) is 0 Å². The van der Waals surface area contributed by atoms with Crippen LogP contribution in [0.3, 0.4) is 0 Å². The maximum Gasteiger partial charge on any atom is 0.398 e. The molecule has 76 valence electrons. The van der Waals surface area contributed by atoms with Gasteiger partial charge >= 0.3 is 6.18 Å². The summed E-state index contributed by atoms with van der Waals surface area (Å²) >= 11 is 0.787. The number of thioether (sulfide) groups is 1. The fourth-order valence-electron chi connectivity index (χ4n) is 0.865. The van der Waals surface area contributed by atoms with E-state index in [2.05, 4.69) is 6.58 Å². The van der Waals surface area contributed by atoms with Crippen molar-refractivity contribution in [2.45, 2.75) is 11.1 Å². The summed E-state index contributed by atoms with van der Waals surface area (Å²) in [6.45, 7) is 3.56. The van der Waals surface area contributed by atoms with Crippen LogP contribution in [-0.4, -0.2) is 11.9 Å². The Morgan fingerprint density at radius 1 is 1.21 bits per heavy atom. The van der Waals surface area contributed by atoms with E-state index >= 15 is 0 Å². The van der Waals surface area contributed by atoms with Crippen molar-refractivity contribution >= 4 is 17.8 Å². The number of benzene rings is 1. The molecule has 0 bridgehead atoms. The third kappa shape index (κ3) is 3.87. The van der Waals surface area contributed by atoms with Crippen molar-refractivity contribution < 1.29 is 13.2 Å². The van der Waals surface area contributed by atoms with Gasteiger partial charge in [-0.3, -0.25) is 0 Å². The van der Waals surface area contributed by atoms with Gasteiger partial charge in [-0.2, -0.15) is 13.2 Å². The molecular formula is C10H9F3S. The largest absolute Gasteiger partial charge is 0.398 e. The van der Waals surface area contributed by atoms with E-state index in [0.29, 0.717) is 4.90 Å². The minimum absolute atomic E-state index is 0.618. The first-order valence-corrected chi connectivity index (χ1v) is 4.92. The highest BCUT2D eigenvalue weighted by molar-refractivity contribution is 7.99. The Morgan fingerprint density at radius 3 is 2.21 bits per heavy atom. The van der Waals surface area contributed by atoms with Crippen LogP contribution in [0.15, 0.2) is 35.7 Å². The zero-order valence-electron chi connectivity index (χ0n) is 7.34. The minimum atomic E-state index is -4.11. The highest BCUT2D eigenvalue weighted by Gasteiger charge is 2.26. The Bertz CT molecular complexity index is 300. The molecule has 0 spiro atoms. The Kier molecular flexibility index (Phi) is 3.63. The maximum atomic E-state index is 11.8. The average molecular weight is 218 g/mol. The number of hydrogen-bond acceptors (Lipinski definition) is 1. The zero-order valence-corrected chi connectivity index (χ0v) is 8.16. The SMILES string of the molecule is C=Cc1ccc(SCC(F)(F)F)cc1. The summed E-state index contributed by atoms with van der Waals surface area (Å²) < 4.78 is 35.5. The topological polar surface area (TPSA) is 0 Å². The van der Waals surface area contributed by atoms with E-state index in [0.717, 1.165) is 17.3 Å². The minimum Gasteiger partial charge on any atom is -0.170 e. The zero-order chi connectivity index (χ0) is 10.6. The first-order valence-electron chi connectivity index (χ1n) is 3.93. The third-order valence-electron chi connectivity index (χ3n) is 1.52. The van der Waals surface area contributed by atoms with Crippen LogP contribution in [0.25, 0.3) is 6.08 Å². The predicted octanol–water partition coefficient (Wildman–Crippen LogP) is 3.98. The number of hydrogen-bond donors (Lipinski definition) is 0. The van der Waals surface area contributed by atoms with Gasteiger partial charge in [0.25, 0.3) is 0 Å². The van der Waals surface area contributed by atoms with Gasteiger partial charge in [-0.05, 0) is 17.7 Å². The van der Waals surface area contributed by atoms with E-state index in [1.54, 1.807) is 30.3 Å². The van der Waals surface area contributed by atoms with E-state index in [9.17, 15) is 13.2 Å². The Balaban J connectivity index is 2.56. The van der Waals surface area contributed by atoms with Gasteiger partial charge < -0.3 is 0 Å². The summed E-state index contributed by atoms with van der Waals surface area (Å²) in [6, 6.07) is 6.80. The quantitative estimate of drug-likeness (QED) is 0.691. The highest BCUT2D eigenvalue weighted by atomic mass is 32.2. The second-order valence-corrected chi connectivity index (χ2v) is 3.73. The molecule has 0 heterocycles. The van der Waals surface area contributed by atoms with Crippen molar-refractivity contribution in [3.05, 3.63) is 36.4 Å². The Morgan fingerprint density at radius 2 is 1.79 bits per heavy atom. The molecule has 0 fully saturated rings. The second kappa shape index (κ2) is 4.55. The van der Waals surface area contributed by atoms with Gasteiger partial charge in [0.1, 0.15) is 0 Å². The molecule has 4 heteroatoms. The van der Waals surface area contributed by atoms with Crippen LogP contribution in [0.2, 0.25) is 0 Å². The molecule has 0 aliphatic carbocycles. The monoisotopic (exact) mass is 218 g/mol. The van der Waals surface area contributed by atoms with Crippen LogP contribution in [0, 0.1) is 0 Å². The fourth-order valence-corrected chi connectivity index (χ4v) is 1.52. The Labute approximate surface area is 84.8 Å². The summed E-state index contributed by atoms with van der Waals surface area (Å²) in [5, 5.41) is 0. The van der Waals surface area contributed by atoms with Crippen LogP contribution in [0.4, 0.5) is 13.2 Å². The van der Waals surface area contributed by atoms with E-state index in [1.165, 1.54) is 0 Å². The van der Waals surface area contributed by atoms with Crippen molar-refractivity contribution in [2.24, 2.45) is 0 Å². The molecule has 0 unspecified atom stereocenters. The van der Waals surface area contributed by atoms with Crippen LogP contribution >= 0.6 is 11.8 Å². The molecule has 0 saturated heterocycles. The second-order valence-electron chi connectivity index (χ2n) is 2.68. The number of alkyl halides is 3. The lowest BCUT2D eigenvalue weighted by Gasteiger charge is -2.05. The van der Waals surface area contributed by atoms with Crippen molar-refractivity contribution in [1.29, 1.82) is 0 Å². The van der Waals surface area contributed by atoms with E-state index in [4.69, 9.17) is 0 Å². The number of rotatable bonds is 3. The lowest BCUT2D eigenvalue weighted by molar-refractivity contribution is -0.105. The molecule has 0 amide bonds. The summed E-state index contributed by atoms with van der Waals surface area (Å²) in [5.74, 6) is -0.847. The molecule has 1 aromatic rings. The standard InChI is InChI=1S/C10H9F3S/c1-2-8-3-5-9(6-4-8)14-7-10(11,12)13/h2-6H,1,7H2. The van der Waals surface area contributed by atoms with Gasteiger partial charge in [-0.1, -0.05) is 24.8 Å². The molecule has 0 aliphatic rings. The maximum absolute atomic E-state index is 11.8.